The molecule has 1 atom stereocenters. The van der Waals surface area contributed by atoms with E-state index in [1.165, 1.54) is 0 Å². The normalized spacial score (nSPS) is 12.5. The number of hydrogen-bond acceptors (Lipinski definition) is 4. The fourth-order valence-electron chi connectivity index (χ4n) is 1.68. The van der Waals surface area contributed by atoms with E-state index in [0.717, 1.165) is 17.9 Å². The van der Waals surface area contributed by atoms with Crippen LogP contribution in [0.1, 0.15) is 20.3 Å². The predicted molar refractivity (Wildman–Crippen MR) is 71.4 cm³/mol. The van der Waals surface area contributed by atoms with E-state index in [-0.39, 0.29) is 6.10 Å². The van der Waals surface area contributed by atoms with E-state index < -0.39 is 0 Å². The molecular formula is C13H22N2O2. The lowest BCUT2D eigenvalue weighted by Gasteiger charge is -2.16. The van der Waals surface area contributed by atoms with Crippen LogP contribution in [-0.4, -0.2) is 24.9 Å². The van der Waals surface area contributed by atoms with E-state index in [9.17, 15) is 5.11 Å². The van der Waals surface area contributed by atoms with Crippen molar-refractivity contribution in [3.05, 3.63) is 18.2 Å². The maximum absolute atomic E-state index is 9.74. The molecule has 1 unspecified atom stereocenters. The molecule has 4 nitrogen and oxygen atoms in total. The van der Waals surface area contributed by atoms with E-state index in [1.54, 1.807) is 13.2 Å². The third kappa shape index (κ3) is 4.53. The number of hydrogen-bond donors (Lipinski definition) is 3. The summed E-state index contributed by atoms with van der Waals surface area (Å²) in [4.78, 5) is 0. The second-order valence-electron chi connectivity index (χ2n) is 4.62. The van der Waals surface area contributed by atoms with Gasteiger partial charge >= 0.3 is 0 Å². The summed E-state index contributed by atoms with van der Waals surface area (Å²) in [6, 6.07) is 5.46. The highest BCUT2D eigenvalue weighted by atomic mass is 16.5. The SMILES string of the molecule is COc1ccc(NCC(O)CC(C)C)c(N)c1. The molecule has 0 heterocycles. The van der Waals surface area contributed by atoms with Crippen LogP contribution in [-0.2, 0) is 0 Å². The second kappa shape index (κ2) is 6.35. The zero-order chi connectivity index (χ0) is 12.8. The maximum atomic E-state index is 9.74. The first-order valence-electron chi connectivity index (χ1n) is 5.88. The Labute approximate surface area is 103 Å². The average Bonchev–Trinajstić information content (AvgIpc) is 2.26. The molecule has 0 aromatic heterocycles. The Hall–Kier alpha value is -1.42. The van der Waals surface area contributed by atoms with Gasteiger partial charge in [0.15, 0.2) is 0 Å². The molecule has 4 heteroatoms. The first kappa shape index (κ1) is 13.6. The summed E-state index contributed by atoms with van der Waals surface area (Å²) in [7, 11) is 1.61. The molecule has 17 heavy (non-hydrogen) atoms. The van der Waals surface area contributed by atoms with Crippen molar-refractivity contribution in [2.75, 3.05) is 24.7 Å². The number of aliphatic hydroxyl groups excluding tert-OH is 1. The van der Waals surface area contributed by atoms with Crippen molar-refractivity contribution in [2.24, 2.45) is 5.92 Å². The standard InChI is InChI=1S/C13H22N2O2/c1-9(2)6-10(16)8-15-13-5-4-11(17-3)7-12(13)14/h4-5,7,9-10,15-16H,6,8,14H2,1-3H3. The lowest BCUT2D eigenvalue weighted by Crippen LogP contribution is -2.21. The van der Waals surface area contributed by atoms with Crippen LogP contribution in [0.25, 0.3) is 0 Å². The predicted octanol–water partition coefficient (Wildman–Crippen LogP) is 2.10. The van der Waals surface area contributed by atoms with Crippen LogP contribution in [0.4, 0.5) is 11.4 Å². The lowest BCUT2D eigenvalue weighted by atomic mass is 10.1. The number of ether oxygens (including phenoxy) is 1. The molecule has 0 fully saturated rings. The van der Waals surface area contributed by atoms with Crippen LogP contribution < -0.4 is 15.8 Å². The molecule has 0 bridgehead atoms. The molecule has 1 aromatic carbocycles. The number of rotatable bonds is 6. The number of methoxy groups -OCH3 is 1. The summed E-state index contributed by atoms with van der Waals surface area (Å²) < 4.78 is 5.07. The van der Waals surface area contributed by atoms with Crippen molar-refractivity contribution in [2.45, 2.75) is 26.4 Å². The van der Waals surface area contributed by atoms with Gasteiger partial charge in [0.25, 0.3) is 0 Å². The van der Waals surface area contributed by atoms with Gasteiger partial charge in [-0.05, 0) is 24.5 Å². The molecule has 0 radical (unpaired) electrons. The van der Waals surface area contributed by atoms with Crippen molar-refractivity contribution in [1.29, 1.82) is 0 Å². The van der Waals surface area contributed by atoms with Crippen molar-refractivity contribution >= 4 is 11.4 Å². The summed E-state index contributed by atoms with van der Waals surface area (Å²) in [5.74, 6) is 1.22. The number of anilines is 2. The molecule has 0 aliphatic carbocycles. The molecule has 0 aliphatic heterocycles. The first-order chi connectivity index (χ1) is 8.02. The van der Waals surface area contributed by atoms with E-state index in [2.05, 4.69) is 19.2 Å². The molecule has 0 spiro atoms. The third-order valence-electron chi connectivity index (χ3n) is 2.53. The fraction of sp³-hybridized carbons (Fsp3) is 0.538. The van der Waals surface area contributed by atoms with Crippen molar-refractivity contribution in [1.82, 2.24) is 0 Å². The highest BCUT2D eigenvalue weighted by molar-refractivity contribution is 5.68. The number of benzene rings is 1. The second-order valence-corrected chi connectivity index (χ2v) is 4.62. The van der Waals surface area contributed by atoms with Gasteiger partial charge in [-0.25, -0.2) is 0 Å². The van der Waals surface area contributed by atoms with Crippen LogP contribution in [0.15, 0.2) is 18.2 Å². The number of aliphatic hydroxyl groups is 1. The summed E-state index contributed by atoms with van der Waals surface area (Å²) >= 11 is 0. The number of nitrogens with one attached hydrogen (secondary N) is 1. The zero-order valence-corrected chi connectivity index (χ0v) is 10.7. The minimum Gasteiger partial charge on any atom is -0.497 e. The van der Waals surface area contributed by atoms with Gasteiger partial charge < -0.3 is 20.9 Å². The minimum atomic E-state index is -0.350. The van der Waals surface area contributed by atoms with Crippen LogP contribution in [0.5, 0.6) is 5.75 Å². The van der Waals surface area contributed by atoms with Gasteiger partial charge in [-0.15, -0.1) is 0 Å². The van der Waals surface area contributed by atoms with Crippen LogP contribution in [0.2, 0.25) is 0 Å². The molecule has 0 saturated heterocycles. The van der Waals surface area contributed by atoms with Gasteiger partial charge in [-0.2, -0.15) is 0 Å². The Morgan fingerprint density at radius 3 is 2.65 bits per heavy atom. The van der Waals surface area contributed by atoms with Crippen molar-refractivity contribution in [3.8, 4) is 5.75 Å². The van der Waals surface area contributed by atoms with E-state index in [4.69, 9.17) is 10.5 Å². The maximum Gasteiger partial charge on any atom is 0.121 e. The average molecular weight is 238 g/mol. The molecule has 0 aliphatic rings. The summed E-state index contributed by atoms with van der Waals surface area (Å²) in [6.45, 7) is 4.69. The fourth-order valence-corrected chi connectivity index (χ4v) is 1.68. The van der Waals surface area contributed by atoms with E-state index in [0.29, 0.717) is 18.2 Å². The Bertz CT molecular complexity index is 353. The molecule has 4 N–H and O–H groups in total. The molecule has 0 saturated carbocycles. The quantitative estimate of drug-likeness (QED) is 0.664. The molecule has 0 amide bonds. The first-order valence-corrected chi connectivity index (χ1v) is 5.88. The topological polar surface area (TPSA) is 67.5 Å². The highest BCUT2D eigenvalue weighted by Gasteiger charge is 2.07. The smallest absolute Gasteiger partial charge is 0.121 e. The zero-order valence-electron chi connectivity index (χ0n) is 10.7. The van der Waals surface area contributed by atoms with Crippen LogP contribution in [0.3, 0.4) is 0 Å². The Balaban J connectivity index is 2.51. The van der Waals surface area contributed by atoms with E-state index >= 15 is 0 Å². The molecular weight excluding hydrogens is 216 g/mol. The number of nitrogen functional groups attached to an aromatic ring is 1. The van der Waals surface area contributed by atoms with Crippen molar-refractivity contribution < 1.29 is 9.84 Å². The van der Waals surface area contributed by atoms with Gasteiger partial charge in [0.1, 0.15) is 5.75 Å². The highest BCUT2D eigenvalue weighted by Crippen LogP contribution is 2.24. The van der Waals surface area contributed by atoms with Gasteiger partial charge in [-0.3, -0.25) is 0 Å². The van der Waals surface area contributed by atoms with Crippen LogP contribution >= 0.6 is 0 Å². The largest absolute Gasteiger partial charge is 0.497 e. The van der Waals surface area contributed by atoms with Gasteiger partial charge in [0.05, 0.1) is 24.6 Å². The third-order valence-corrected chi connectivity index (χ3v) is 2.53. The molecule has 1 rings (SSSR count). The lowest BCUT2D eigenvalue weighted by molar-refractivity contribution is 0.161. The van der Waals surface area contributed by atoms with Gasteiger partial charge in [-0.1, -0.05) is 13.8 Å². The summed E-state index contributed by atoms with van der Waals surface area (Å²) in [5.41, 5.74) is 7.31. The van der Waals surface area contributed by atoms with Crippen LogP contribution in [0, 0.1) is 5.92 Å². The molecule has 1 aromatic rings. The summed E-state index contributed by atoms with van der Waals surface area (Å²) in [6.07, 6.45) is 0.430. The van der Waals surface area contributed by atoms with E-state index in [1.807, 2.05) is 12.1 Å². The summed E-state index contributed by atoms with van der Waals surface area (Å²) in [5, 5.41) is 12.9. The van der Waals surface area contributed by atoms with Gasteiger partial charge in [0.2, 0.25) is 0 Å². The monoisotopic (exact) mass is 238 g/mol. The number of nitrogens with two attached hydrogens (primary N) is 1. The van der Waals surface area contributed by atoms with Crippen molar-refractivity contribution in [3.63, 3.8) is 0 Å². The van der Waals surface area contributed by atoms with Gasteiger partial charge in [0, 0.05) is 12.6 Å². The Kier molecular flexibility index (Phi) is 5.10. The Morgan fingerprint density at radius 1 is 1.41 bits per heavy atom. The Morgan fingerprint density at radius 2 is 2.12 bits per heavy atom. The minimum absolute atomic E-state index is 0.350. The molecule has 96 valence electrons.